The number of nitrogens with one attached hydrogen (secondary N) is 1. The number of amides is 1. The van der Waals surface area contributed by atoms with Gasteiger partial charge >= 0.3 is 0 Å². The molecule has 3 aliphatic rings. The zero-order valence-corrected chi connectivity index (χ0v) is 22.2. The first-order valence-corrected chi connectivity index (χ1v) is 13.2. The largest absolute Gasteiger partial charge is 0.497 e. The molecule has 0 saturated carbocycles. The Morgan fingerprint density at radius 1 is 0.763 bits per heavy atom. The Balaban J connectivity index is 1.28. The van der Waals surface area contributed by atoms with Gasteiger partial charge in [0.15, 0.2) is 11.5 Å². The van der Waals surface area contributed by atoms with Crippen LogP contribution in [0.4, 0.5) is 0 Å². The van der Waals surface area contributed by atoms with Crippen molar-refractivity contribution in [2.45, 2.75) is 32.5 Å². The zero-order valence-electron chi connectivity index (χ0n) is 22.2. The lowest BCUT2D eigenvalue weighted by molar-refractivity contribution is 0.0262. The van der Waals surface area contributed by atoms with Crippen molar-refractivity contribution in [1.82, 2.24) is 10.2 Å². The molecule has 1 amide bonds. The van der Waals surface area contributed by atoms with Gasteiger partial charge in [-0.1, -0.05) is 24.3 Å². The van der Waals surface area contributed by atoms with Gasteiger partial charge in [0.25, 0.3) is 5.91 Å². The van der Waals surface area contributed by atoms with Crippen LogP contribution < -0.4 is 24.3 Å². The van der Waals surface area contributed by atoms with Crippen LogP contribution in [-0.4, -0.2) is 51.2 Å². The van der Waals surface area contributed by atoms with Crippen LogP contribution in [0.5, 0.6) is 23.0 Å². The molecule has 3 fully saturated rings. The molecule has 200 valence electrons. The predicted octanol–water partition coefficient (Wildman–Crippen LogP) is 5.08. The summed E-state index contributed by atoms with van der Waals surface area (Å²) < 4.78 is 22.8. The summed E-state index contributed by atoms with van der Waals surface area (Å²) in [5.74, 6) is 2.63. The fourth-order valence-electron chi connectivity index (χ4n) is 5.18. The molecule has 0 aliphatic carbocycles. The van der Waals surface area contributed by atoms with E-state index in [1.165, 1.54) is 0 Å². The van der Waals surface area contributed by atoms with E-state index in [1.54, 1.807) is 26.4 Å². The molecule has 7 nitrogen and oxygen atoms in total. The lowest BCUT2D eigenvalue weighted by atomic mass is 9.72. The van der Waals surface area contributed by atoms with Crippen LogP contribution in [0.15, 0.2) is 66.7 Å². The maximum absolute atomic E-state index is 13.2. The van der Waals surface area contributed by atoms with Crippen LogP contribution >= 0.6 is 0 Å². The van der Waals surface area contributed by atoms with E-state index >= 15 is 0 Å². The third kappa shape index (κ3) is 6.22. The molecule has 0 aromatic heterocycles. The molecule has 3 aromatic carbocycles. The van der Waals surface area contributed by atoms with Crippen molar-refractivity contribution in [2.24, 2.45) is 5.41 Å². The molecular weight excluding hydrogens is 480 g/mol. The van der Waals surface area contributed by atoms with Crippen LogP contribution in [0, 0.1) is 5.41 Å². The quantitative estimate of drug-likeness (QED) is 0.384. The maximum atomic E-state index is 13.2. The molecule has 0 atom stereocenters. The van der Waals surface area contributed by atoms with Crippen LogP contribution in [0.2, 0.25) is 0 Å². The average Bonchev–Trinajstić information content (AvgIpc) is 2.99. The number of hydrogen-bond acceptors (Lipinski definition) is 6. The highest BCUT2D eigenvalue weighted by Gasteiger charge is 2.39. The number of rotatable bonds is 11. The second-order valence-electron chi connectivity index (χ2n) is 10.2. The van der Waals surface area contributed by atoms with E-state index in [4.69, 9.17) is 18.9 Å². The van der Waals surface area contributed by atoms with Gasteiger partial charge in [0.2, 0.25) is 0 Å². The minimum atomic E-state index is -0.0802. The first-order chi connectivity index (χ1) is 18.6. The van der Waals surface area contributed by atoms with Gasteiger partial charge < -0.3 is 29.2 Å². The normalized spacial score (nSPS) is 20.0. The number of benzene rings is 3. The summed E-state index contributed by atoms with van der Waals surface area (Å²) >= 11 is 0. The van der Waals surface area contributed by atoms with E-state index < -0.39 is 0 Å². The van der Waals surface area contributed by atoms with Crippen molar-refractivity contribution in [2.75, 3.05) is 40.4 Å². The number of methoxy groups -OCH3 is 2. The van der Waals surface area contributed by atoms with Gasteiger partial charge in [-0.15, -0.1) is 0 Å². The second-order valence-corrected chi connectivity index (χ2v) is 10.2. The first kappa shape index (κ1) is 25.9. The highest BCUT2D eigenvalue weighted by atomic mass is 16.5. The van der Waals surface area contributed by atoms with Crippen LogP contribution in [-0.2, 0) is 13.2 Å². The molecule has 3 heterocycles. The molecule has 3 aromatic rings. The maximum Gasteiger partial charge on any atom is 0.251 e. The number of fused-ring (bicyclic) bond motifs is 3. The van der Waals surface area contributed by atoms with Crippen LogP contribution in [0.25, 0.3) is 0 Å². The lowest BCUT2D eigenvalue weighted by Gasteiger charge is -2.48. The number of piperidine rings is 3. The fourth-order valence-corrected chi connectivity index (χ4v) is 5.18. The molecule has 0 radical (unpaired) electrons. The number of nitrogens with zero attached hydrogens (tertiary/aromatic N) is 1. The Morgan fingerprint density at radius 2 is 1.29 bits per heavy atom. The number of carbonyl (C=O) groups excluding carboxylic acids is 1. The van der Waals surface area contributed by atoms with Gasteiger partial charge in [-0.25, -0.2) is 0 Å². The van der Waals surface area contributed by atoms with Crippen molar-refractivity contribution < 1.29 is 23.7 Å². The summed E-state index contributed by atoms with van der Waals surface area (Å²) in [6, 6.07) is 20.9. The summed E-state index contributed by atoms with van der Waals surface area (Å²) in [6.07, 6.45) is 3.46. The first-order valence-electron chi connectivity index (χ1n) is 13.2. The summed E-state index contributed by atoms with van der Waals surface area (Å²) in [7, 11) is 3.29. The van der Waals surface area contributed by atoms with Crippen molar-refractivity contribution in [1.29, 1.82) is 0 Å². The molecule has 0 spiro atoms. The smallest absolute Gasteiger partial charge is 0.251 e. The Kier molecular flexibility index (Phi) is 8.03. The van der Waals surface area contributed by atoms with Gasteiger partial charge in [0, 0.05) is 12.1 Å². The van der Waals surface area contributed by atoms with Crippen molar-refractivity contribution in [3.05, 3.63) is 83.4 Å². The zero-order chi connectivity index (χ0) is 26.4. The van der Waals surface area contributed by atoms with Gasteiger partial charge in [-0.2, -0.15) is 0 Å². The minimum Gasteiger partial charge on any atom is -0.497 e. The van der Waals surface area contributed by atoms with E-state index in [9.17, 15) is 4.79 Å². The highest BCUT2D eigenvalue weighted by molar-refractivity contribution is 5.94. The van der Waals surface area contributed by atoms with Crippen molar-refractivity contribution >= 4 is 5.91 Å². The number of hydrogen-bond donors (Lipinski definition) is 1. The van der Waals surface area contributed by atoms with Gasteiger partial charge in [-0.05, 0) is 97.9 Å². The Hall–Kier alpha value is -3.71. The van der Waals surface area contributed by atoms with Crippen molar-refractivity contribution in [3.8, 4) is 23.0 Å². The molecule has 0 unspecified atom stereocenters. The monoisotopic (exact) mass is 516 g/mol. The van der Waals surface area contributed by atoms with E-state index in [2.05, 4.69) is 10.2 Å². The summed E-state index contributed by atoms with van der Waals surface area (Å²) in [5.41, 5.74) is 2.80. The van der Waals surface area contributed by atoms with Gasteiger partial charge in [0.1, 0.15) is 24.7 Å². The van der Waals surface area contributed by atoms with E-state index in [0.29, 0.717) is 30.3 Å². The SMILES string of the molecule is COc1ccc(COc2ccc(C(=O)NCC34CCN(CC3)CC4)cc2OCc2ccc(OC)cc2)cc1. The molecule has 3 saturated heterocycles. The third-order valence-electron chi connectivity index (χ3n) is 7.81. The second kappa shape index (κ2) is 11.8. The lowest BCUT2D eigenvalue weighted by Crippen LogP contribution is -2.52. The van der Waals surface area contributed by atoms with Gasteiger partial charge in [0.05, 0.1) is 14.2 Å². The third-order valence-corrected chi connectivity index (χ3v) is 7.81. The standard InChI is InChI=1S/C31H36N2O5/c1-35-26-8-3-23(4-9-26)20-37-28-12-7-25(19-29(28)38-21-24-5-10-27(36-2)11-6-24)30(34)32-22-31-13-16-33(17-14-31)18-15-31/h3-12,19H,13-18,20-22H2,1-2H3,(H,32,34). The van der Waals surface area contributed by atoms with Crippen LogP contribution in [0.1, 0.15) is 40.7 Å². The van der Waals surface area contributed by atoms with Crippen LogP contribution in [0.3, 0.4) is 0 Å². The molecular formula is C31H36N2O5. The van der Waals surface area contributed by atoms with E-state index in [1.807, 2.05) is 54.6 Å². The van der Waals surface area contributed by atoms with E-state index in [0.717, 1.165) is 68.1 Å². The molecule has 7 heteroatoms. The topological polar surface area (TPSA) is 69.3 Å². The highest BCUT2D eigenvalue weighted by Crippen LogP contribution is 2.39. The molecule has 1 N–H and O–H groups in total. The fraction of sp³-hybridized carbons (Fsp3) is 0.387. The predicted molar refractivity (Wildman–Crippen MR) is 146 cm³/mol. The van der Waals surface area contributed by atoms with E-state index in [-0.39, 0.29) is 11.3 Å². The summed E-state index contributed by atoms with van der Waals surface area (Å²) in [5, 5.41) is 3.21. The molecule has 38 heavy (non-hydrogen) atoms. The molecule has 6 rings (SSSR count). The molecule has 3 aliphatic heterocycles. The van der Waals surface area contributed by atoms with Gasteiger partial charge in [-0.3, -0.25) is 4.79 Å². The average molecular weight is 517 g/mol. The minimum absolute atomic E-state index is 0.0802. The Bertz CT molecular complexity index is 1200. The summed E-state index contributed by atoms with van der Waals surface area (Å²) in [6.45, 7) is 4.84. The number of ether oxygens (including phenoxy) is 4. The molecule has 2 bridgehead atoms. The summed E-state index contributed by atoms with van der Waals surface area (Å²) in [4.78, 5) is 15.7. The van der Waals surface area contributed by atoms with Crippen molar-refractivity contribution in [3.63, 3.8) is 0 Å². The Morgan fingerprint density at radius 3 is 1.82 bits per heavy atom. The Labute approximate surface area is 224 Å². The number of carbonyl (C=O) groups is 1.